The molecule has 0 aromatic carbocycles. The maximum atomic E-state index is 12.7. The number of likely N-dealkylation sites (tertiary alicyclic amines) is 1. The molecule has 0 radical (unpaired) electrons. The molecule has 1 saturated carbocycles. The molecule has 144 valence electrons. The number of nitrogens with zero attached hydrogens (tertiary/aromatic N) is 7. The topological polar surface area (TPSA) is 78.4 Å². The molecule has 2 fully saturated rings. The first-order valence-corrected chi connectivity index (χ1v) is 10.2. The number of rotatable bonds is 5. The maximum absolute atomic E-state index is 12.7. The van der Waals surface area contributed by atoms with Crippen molar-refractivity contribution in [1.29, 1.82) is 0 Å². The lowest BCUT2D eigenvalue weighted by atomic mass is 10.0. The van der Waals surface area contributed by atoms with E-state index in [1.807, 2.05) is 30.8 Å². The second kappa shape index (κ2) is 7.38. The Morgan fingerprint density at radius 2 is 1.78 bits per heavy atom. The van der Waals surface area contributed by atoms with Crippen LogP contribution in [0, 0.1) is 6.92 Å². The first kappa shape index (κ1) is 18.1. The predicted molar refractivity (Wildman–Crippen MR) is 105 cm³/mol. The quantitative estimate of drug-likeness (QED) is 0.776. The third kappa shape index (κ3) is 3.73. The number of piperidine rings is 1. The van der Waals surface area contributed by atoms with E-state index in [2.05, 4.69) is 30.5 Å². The van der Waals surface area contributed by atoms with Crippen LogP contribution in [-0.4, -0.2) is 69.6 Å². The largest absolute Gasteiger partial charge is 0.363 e. The molecule has 1 amide bonds. The second-order valence-electron chi connectivity index (χ2n) is 7.48. The Hall–Kier alpha value is -2.29. The number of hydrogen-bond acceptors (Lipinski definition) is 8. The zero-order chi connectivity index (χ0) is 19.0. The lowest BCUT2D eigenvalue weighted by molar-refractivity contribution is 0.0716. The van der Waals surface area contributed by atoms with Crippen molar-refractivity contribution in [2.45, 2.75) is 44.7 Å². The van der Waals surface area contributed by atoms with Crippen LogP contribution < -0.4 is 9.80 Å². The van der Waals surface area contributed by atoms with E-state index in [0.717, 1.165) is 43.3 Å². The van der Waals surface area contributed by atoms with E-state index < -0.39 is 0 Å². The molecule has 1 saturated heterocycles. The van der Waals surface area contributed by atoms with Gasteiger partial charge in [-0.05, 0) is 44.1 Å². The highest BCUT2D eigenvalue weighted by molar-refractivity contribution is 7.07. The summed E-state index contributed by atoms with van der Waals surface area (Å²) in [4.78, 5) is 28.7. The van der Waals surface area contributed by atoms with Crippen LogP contribution >= 0.6 is 11.5 Å². The molecule has 8 nitrogen and oxygen atoms in total. The number of aromatic nitrogens is 4. The van der Waals surface area contributed by atoms with Gasteiger partial charge in [0.1, 0.15) is 22.8 Å². The normalized spacial score (nSPS) is 17.8. The van der Waals surface area contributed by atoms with Crippen LogP contribution in [0.1, 0.15) is 41.0 Å². The first-order chi connectivity index (χ1) is 13.0. The number of hydrogen-bond donors (Lipinski definition) is 0. The highest BCUT2D eigenvalue weighted by Crippen LogP contribution is 2.36. The van der Waals surface area contributed by atoms with Gasteiger partial charge in [-0.3, -0.25) is 4.79 Å². The number of carbonyl (C=O) groups excluding carboxylic acids is 1. The van der Waals surface area contributed by atoms with Gasteiger partial charge in [0.2, 0.25) is 0 Å². The van der Waals surface area contributed by atoms with E-state index in [9.17, 15) is 4.79 Å². The Balaban J connectivity index is 1.46. The predicted octanol–water partition coefficient (Wildman–Crippen LogP) is 1.98. The third-order valence-electron chi connectivity index (χ3n) is 5.29. The number of carbonyl (C=O) groups is 1. The van der Waals surface area contributed by atoms with Gasteiger partial charge in [-0.1, -0.05) is 4.49 Å². The van der Waals surface area contributed by atoms with Crippen molar-refractivity contribution in [2.75, 3.05) is 37.0 Å². The molecule has 1 aliphatic carbocycles. The van der Waals surface area contributed by atoms with Crippen LogP contribution in [0.3, 0.4) is 0 Å². The van der Waals surface area contributed by atoms with Crippen molar-refractivity contribution < 1.29 is 4.79 Å². The fourth-order valence-electron chi connectivity index (χ4n) is 3.67. The van der Waals surface area contributed by atoms with Crippen molar-refractivity contribution in [1.82, 2.24) is 24.5 Å². The Morgan fingerprint density at radius 3 is 2.37 bits per heavy atom. The monoisotopic (exact) mass is 387 g/mol. The summed E-state index contributed by atoms with van der Waals surface area (Å²) in [5, 5.41) is 3.96. The Labute approximate surface area is 163 Å². The van der Waals surface area contributed by atoms with Crippen LogP contribution in [0.4, 0.5) is 11.6 Å². The maximum Gasteiger partial charge on any atom is 0.267 e. The summed E-state index contributed by atoms with van der Waals surface area (Å²) >= 11 is 1.19. The molecular weight excluding hydrogens is 362 g/mol. The number of aryl methyl sites for hydroxylation is 1. The summed E-state index contributed by atoms with van der Waals surface area (Å²) in [5.41, 5.74) is 0.726. The van der Waals surface area contributed by atoms with Gasteiger partial charge in [-0.2, -0.15) is 0 Å². The minimum atomic E-state index is 0.0656. The minimum absolute atomic E-state index is 0.0656. The van der Waals surface area contributed by atoms with Gasteiger partial charge in [0.25, 0.3) is 5.91 Å². The zero-order valence-electron chi connectivity index (χ0n) is 16.0. The molecular formula is C18H25N7OS. The van der Waals surface area contributed by atoms with Crippen LogP contribution in [0.15, 0.2) is 12.4 Å². The molecule has 4 rings (SSSR count). The van der Waals surface area contributed by atoms with E-state index in [1.165, 1.54) is 24.4 Å². The minimum Gasteiger partial charge on any atom is -0.363 e. The zero-order valence-corrected chi connectivity index (χ0v) is 16.8. The molecule has 27 heavy (non-hydrogen) atoms. The molecule has 3 heterocycles. The SMILES string of the molecule is Cc1nnsc1C(=O)N1CCC(N(c2cc(N(C)C)ncn2)C2CC2)CC1. The number of amides is 1. The first-order valence-electron chi connectivity index (χ1n) is 9.40. The summed E-state index contributed by atoms with van der Waals surface area (Å²) in [6, 6.07) is 3.05. The summed E-state index contributed by atoms with van der Waals surface area (Å²) in [6.07, 6.45) is 5.99. The van der Waals surface area contributed by atoms with Gasteiger partial charge >= 0.3 is 0 Å². The smallest absolute Gasteiger partial charge is 0.267 e. The van der Waals surface area contributed by atoms with Crippen LogP contribution in [0.2, 0.25) is 0 Å². The molecule has 2 aromatic rings. The molecule has 2 aromatic heterocycles. The van der Waals surface area contributed by atoms with Gasteiger partial charge in [0.15, 0.2) is 0 Å². The van der Waals surface area contributed by atoms with Crippen molar-refractivity contribution in [3.8, 4) is 0 Å². The van der Waals surface area contributed by atoms with Crippen LogP contribution in [-0.2, 0) is 0 Å². The van der Waals surface area contributed by atoms with Crippen molar-refractivity contribution in [3.63, 3.8) is 0 Å². The van der Waals surface area contributed by atoms with Gasteiger partial charge in [-0.15, -0.1) is 5.10 Å². The van der Waals surface area contributed by atoms with Crippen molar-refractivity contribution in [3.05, 3.63) is 23.0 Å². The molecule has 2 aliphatic rings. The molecule has 0 spiro atoms. The van der Waals surface area contributed by atoms with E-state index in [-0.39, 0.29) is 5.91 Å². The average molecular weight is 388 g/mol. The fourth-order valence-corrected chi connectivity index (χ4v) is 4.29. The van der Waals surface area contributed by atoms with E-state index in [0.29, 0.717) is 17.0 Å². The molecule has 0 N–H and O–H groups in total. The summed E-state index contributed by atoms with van der Waals surface area (Å²) in [6.45, 7) is 3.36. The van der Waals surface area contributed by atoms with Crippen molar-refractivity contribution >= 4 is 29.1 Å². The standard InChI is InChI=1S/C18H25N7OS/c1-12-17(27-22-21-12)18(26)24-8-6-14(7-9-24)25(13-4-5-13)16-10-15(23(2)3)19-11-20-16/h10-11,13-14H,4-9H2,1-3H3. The second-order valence-corrected chi connectivity index (χ2v) is 8.23. The molecule has 0 unspecified atom stereocenters. The summed E-state index contributed by atoms with van der Waals surface area (Å²) in [7, 11) is 3.99. The van der Waals surface area contributed by atoms with E-state index in [4.69, 9.17) is 0 Å². The molecule has 9 heteroatoms. The van der Waals surface area contributed by atoms with Crippen LogP contribution in [0.25, 0.3) is 0 Å². The molecule has 0 bridgehead atoms. The number of anilines is 2. The van der Waals surface area contributed by atoms with Gasteiger partial charge in [-0.25, -0.2) is 9.97 Å². The lowest BCUT2D eigenvalue weighted by Gasteiger charge is -2.39. The summed E-state index contributed by atoms with van der Waals surface area (Å²) < 4.78 is 3.89. The Kier molecular flexibility index (Phi) is 4.94. The fraction of sp³-hybridized carbons (Fsp3) is 0.611. The Bertz CT molecular complexity index is 812. The molecule has 0 atom stereocenters. The van der Waals surface area contributed by atoms with Gasteiger partial charge in [0.05, 0.1) is 5.69 Å². The summed E-state index contributed by atoms with van der Waals surface area (Å²) in [5.74, 6) is 1.99. The van der Waals surface area contributed by atoms with Crippen LogP contribution in [0.5, 0.6) is 0 Å². The average Bonchev–Trinajstić information content (AvgIpc) is 3.42. The highest BCUT2D eigenvalue weighted by atomic mass is 32.1. The van der Waals surface area contributed by atoms with Gasteiger partial charge < -0.3 is 14.7 Å². The van der Waals surface area contributed by atoms with Gasteiger partial charge in [0, 0.05) is 45.3 Å². The lowest BCUT2D eigenvalue weighted by Crippen LogP contribution is -2.48. The van der Waals surface area contributed by atoms with E-state index >= 15 is 0 Å². The molecule has 1 aliphatic heterocycles. The Morgan fingerprint density at radius 1 is 1.11 bits per heavy atom. The third-order valence-corrected chi connectivity index (χ3v) is 6.11. The van der Waals surface area contributed by atoms with E-state index in [1.54, 1.807) is 6.33 Å². The highest BCUT2D eigenvalue weighted by Gasteiger charge is 2.37. The van der Waals surface area contributed by atoms with Crippen molar-refractivity contribution in [2.24, 2.45) is 0 Å².